The molecule has 1 N–H and O–H groups in total. The van der Waals surface area contributed by atoms with Gasteiger partial charge in [-0.3, -0.25) is 0 Å². The topological polar surface area (TPSA) is 50.9 Å². The first-order chi connectivity index (χ1) is 9.81. The van der Waals surface area contributed by atoms with Gasteiger partial charge in [-0.05, 0) is 24.6 Å². The van der Waals surface area contributed by atoms with Crippen molar-refractivity contribution >= 4 is 16.7 Å². The zero-order valence-corrected chi connectivity index (χ0v) is 11.1. The number of nitrogens with zero attached hydrogens (tertiary/aromatic N) is 3. The van der Waals surface area contributed by atoms with Crippen molar-refractivity contribution in [1.82, 2.24) is 15.0 Å². The van der Waals surface area contributed by atoms with Gasteiger partial charge in [0.2, 0.25) is 0 Å². The lowest BCUT2D eigenvalue weighted by Gasteiger charge is -2.15. The molecular weight excluding hydrogens is 250 g/mol. The van der Waals surface area contributed by atoms with E-state index in [1.54, 1.807) is 4.68 Å². The Bertz CT molecular complexity index is 747. The van der Waals surface area contributed by atoms with Crippen LogP contribution in [0.2, 0.25) is 0 Å². The number of para-hydroxylation sites is 1. The molecule has 4 heteroatoms. The molecule has 1 unspecified atom stereocenters. The second-order valence-corrected chi connectivity index (χ2v) is 4.52. The standard InChI is InChI=1S/C16H15N3O/c1-2-14(16(20)12-8-4-3-5-9-12)19-15-11-7-6-10-13(15)17-18-19/h2-11,16,20H,1H3. The minimum atomic E-state index is -0.730. The molecule has 20 heavy (non-hydrogen) atoms. The molecule has 1 heterocycles. The summed E-state index contributed by atoms with van der Waals surface area (Å²) in [6, 6.07) is 17.2. The number of aromatic nitrogens is 3. The highest BCUT2D eigenvalue weighted by molar-refractivity contribution is 5.78. The highest BCUT2D eigenvalue weighted by Crippen LogP contribution is 2.27. The van der Waals surface area contributed by atoms with Crippen LogP contribution in [0.25, 0.3) is 16.7 Å². The maximum Gasteiger partial charge on any atom is 0.121 e. The maximum atomic E-state index is 10.6. The summed E-state index contributed by atoms with van der Waals surface area (Å²) in [6.07, 6.45) is 1.13. The third-order valence-corrected chi connectivity index (χ3v) is 3.29. The van der Waals surface area contributed by atoms with Crippen molar-refractivity contribution in [3.8, 4) is 0 Å². The van der Waals surface area contributed by atoms with Crippen LogP contribution >= 0.6 is 0 Å². The molecule has 1 aromatic heterocycles. The van der Waals surface area contributed by atoms with Crippen molar-refractivity contribution in [3.63, 3.8) is 0 Å². The molecule has 0 spiro atoms. The van der Waals surface area contributed by atoms with Crippen LogP contribution in [0.5, 0.6) is 0 Å². The van der Waals surface area contributed by atoms with Crippen LogP contribution in [0.3, 0.4) is 0 Å². The van der Waals surface area contributed by atoms with Crippen molar-refractivity contribution < 1.29 is 5.11 Å². The smallest absolute Gasteiger partial charge is 0.121 e. The Kier molecular flexibility index (Phi) is 3.31. The fourth-order valence-corrected chi connectivity index (χ4v) is 2.26. The zero-order valence-electron chi connectivity index (χ0n) is 11.1. The molecule has 0 aliphatic heterocycles. The van der Waals surface area contributed by atoms with E-state index in [0.29, 0.717) is 5.70 Å². The lowest BCUT2D eigenvalue weighted by Crippen LogP contribution is -2.09. The van der Waals surface area contributed by atoms with Gasteiger partial charge in [-0.2, -0.15) is 0 Å². The lowest BCUT2D eigenvalue weighted by molar-refractivity contribution is 0.230. The van der Waals surface area contributed by atoms with Gasteiger partial charge in [-0.25, -0.2) is 4.68 Å². The van der Waals surface area contributed by atoms with Crippen LogP contribution in [-0.2, 0) is 0 Å². The Morgan fingerprint density at radius 2 is 1.80 bits per heavy atom. The third-order valence-electron chi connectivity index (χ3n) is 3.29. The molecular formula is C16H15N3O. The van der Waals surface area contributed by atoms with Crippen molar-refractivity contribution in [3.05, 3.63) is 66.2 Å². The summed E-state index contributed by atoms with van der Waals surface area (Å²) in [5, 5.41) is 18.8. The summed E-state index contributed by atoms with van der Waals surface area (Å²) in [5.41, 5.74) is 3.23. The number of benzene rings is 2. The first-order valence-electron chi connectivity index (χ1n) is 6.51. The zero-order chi connectivity index (χ0) is 13.9. The molecule has 3 rings (SSSR count). The molecule has 0 amide bonds. The predicted molar refractivity (Wildman–Crippen MR) is 78.9 cm³/mol. The van der Waals surface area contributed by atoms with Crippen LogP contribution in [0, 0.1) is 0 Å². The van der Waals surface area contributed by atoms with E-state index in [4.69, 9.17) is 0 Å². The minimum Gasteiger partial charge on any atom is -0.382 e. The normalized spacial score (nSPS) is 13.6. The van der Waals surface area contributed by atoms with Crippen LogP contribution in [0.1, 0.15) is 18.6 Å². The molecule has 0 fully saturated rings. The van der Waals surface area contributed by atoms with Gasteiger partial charge >= 0.3 is 0 Å². The average Bonchev–Trinajstić information content (AvgIpc) is 2.93. The van der Waals surface area contributed by atoms with Crippen LogP contribution in [-0.4, -0.2) is 20.1 Å². The van der Waals surface area contributed by atoms with Gasteiger partial charge in [-0.1, -0.05) is 53.8 Å². The number of allylic oxidation sites excluding steroid dienone is 1. The molecule has 0 saturated carbocycles. The van der Waals surface area contributed by atoms with E-state index >= 15 is 0 Å². The van der Waals surface area contributed by atoms with Gasteiger partial charge in [0.1, 0.15) is 11.6 Å². The van der Waals surface area contributed by atoms with Crippen molar-refractivity contribution in [2.45, 2.75) is 13.0 Å². The molecule has 4 nitrogen and oxygen atoms in total. The van der Waals surface area contributed by atoms with Crippen LogP contribution < -0.4 is 0 Å². The molecule has 2 aromatic carbocycles. The second-order valence-electron chi connectivity index (χ2n) is 4.52. The van der Waals surface area contributed by atoms with Gasteiger partial charge in [0.05, 0.1) is 11.2 Å². The van der Waals surface area contributed by atoms with E-state index in [1.807, 2.05) is 67.6 Å². The quantitative estimate of drug-likeness (QED) is 0.792. The average molecular weight is 265 g/mol. The van der Waals surface area contributed by atoms with Crippen molar-refractivity contribution in [2.24, 2.45) is 0 Å². The Balaban J connectivity index is 2.07. The number of hydrogen-bond acceptors (Lipinski definition) is 3. The number of fused-ring (bicyclic) bond motifs is 1. The van der Waals surface area contributed by atoms with E-state index in [1.165, 1.54) is 0 Å². The van der Waals surface area contributed by atoms with Crippen LogP contribution in [0.4, 0.5) is 0 Å². The summed E-state index contributed by atoms with van der Waals surface area (Å²) in [6.45, 7) is 1.89. The van der Waals surface area contributed by atoms with Crippen LogP contribution in [0.15, 0.2) is 60.7 Å². The Hall–Kier alpha value is -2.46. The summed E-state index contributed by atoms with van der Waals surface area (Å²) in [5.74, 6) is 0. The highest BCUT2D eigenvalue weighted by atomic mass is 16.3. The molecule has 0 radical (unpaired) electrons. The molecule has 1 atom stereocenters. The molecule has 3 aromatic rings. The third kappa shape index (κ3) is 2.10. The Morgan fingerprint density at radius 1 is 1.10 bits per heavy atom. The first-order valence-corrected chi connectivity index (χ1v) is 6.51. The molecule has 0 aliphatic rings. The van der Waals surface area contributed by atoms with Gasteiger partial charge in [0.25, 0.3) is 0 Å². The van der Waals surface area contributed by atoms with Gasteiger partial charge in [-0.15, -0.1) is 5.10 Å². The molecule has 0 bridgehead atoms. The Labute approximate surface area is 117 Å². The van der Waals surface area contributed by atoms with E-state index in [2.05, 4.69) is 10.3 Å². The summed E-state index contributed by atoms with van der Waals surface area (Å²) >= 11 is 0. The van der Waals surface area contributed by atoms with E-state index < -0.39 is 6.10 Å². The first kappa shape index (κ1) is 12.6. The van der Waals surface area contributed by atoms with Gasteiger partial charge in [0.15, 0.2) is 0 Å². The number of aliphatic hydroxyl groups is 1. The summed E-state index contributed by atoms with van der Waals surface area (Å²) in [7, 11) is 0. The number of rotatable bonds is 3. The van der Waals surface area contributed by atoms with E-state index in [9.17, 15) is 5.11 Å². The molecule has 100 valence electrons. The summed E-state index contributed by atoms with van der Waals surface area (Å²) in [4.78, 5) is 0. The number of aliphatic hydroxyl groups excluding tert-OH is 1. The molecule has 0 aliphatic carbocycles. The lowest BCUT2D eigenvalue weighted by atomic mass is 10.1. The number of hydrogen-bond donors (Lipinski definition) is 1. The maximum absolute atomic E-state index is 10.6. The van der Waals surface area contributed by atoms with Crippen molar-refractivity contribution in [1.29, 1.82) is 0 Å². The largest absolute Gasteiger partial charge is 0.382 e. The minimum absolute atomic E-state index is 0.699. The monoisotopic (exact) mass is 265 g/mol. The fraction of sp³-hybridized carbons (Fsp3) is 0.125. The predicted octanol–water partition coefficient (Wildman–Crippen LogP) is 3.03. The SMILES string of the molecule is CC=C(C(O)c1ccccc1)n1nnc2ccccc21. The molecule has 0 saturated heterocycles. The Morgan fingerprint density at radius 3 is 2.55 bits per heavy atom. The highest BCUT2D eigenvalue weighted by Gasteiger charge is 2.17. The van der Waals surface area contributed by atoms with Gasteiger partial charge < -0.3 is 5.11 Å². The van der Waals surface area contributed by atoms with E-state index in [0.717, 1.165) is 16.6 Å². The van der Waals surface area contributed by atoms with E-state index in [-0.39, 0.29) is 0 Å². The van der Waals surface area contributed by atoms with Crippen molar-refractivity contribution in [2.75, 3.05) is 0 Å². The fourth-order valence-electron chi connectivity index (χ4n) is 2.26. The second kappa shape index (κ2) is 5.27. The van der Waals surface area contributed by atoms with Gasteiger partial charge in [0, 0.05) is 0 Å². The summed E-state index contributed by atoms with van der Waals surface area (Å²) < 4.78 is 1.69.